The van der Waals surface area contributed by atoms with E-state index in [1.807, 2.05) is 29.8 Å². The van der Waals surface area contributed by atoms with Crippen molar-refractivity contribution in [3.05, 3.63) is 11.8 Å². The number of carbonyl (C=O) groups is 2. The molecule has 8 heteroatoms. The number of nitrogens with zero attached hydrogens (tertiary/aromatic N) is 6. The molecule has 0 unspecified atom stereocenters. The summed E-state index contributed by atoms with van der Waals surface area (Å²) in [4.78, 5) is 31.8. The number of anilines is 1. The standard InChI is InChI=1S/C20H28N6O2/c1-15-13-17(23(2)22-15)26-8-3-5-16(18(26)27)24-9-11-25(12-10-24)19(28)20(14-21)6-4-7-20/h13,16H,3-12H2,1-2H3/t16-/m0/s1. The Morgan fingerprint density at radius 1 is 1.21 bits per heavy atom. The Morgan fingerprint density at radius 3 is 2.46 bits per heavy atom. The van der Waals surface area contributed by atoms with Crippen molar-refractivity contribution < 1.29 is 9.59 Å². The first-order chi connectivity index (χ1) is 13.4. The number of nitriles is 1. The van der Waals surface area contributed by atoms with Crippen molar-refractivity contribution in [2.75, 3.05) is 37.6 Å². The number of amides is 2. The van der Waals surface area contributed by atoms with Gasteiger partial charge in [-0.1, -0.05) is 0 Å². The molecule has 0 bridgehead atoms. The van der Waals surface area contributed by atoms with Crippen molar-refractivity contribution in [3.63, 3.8) is 0 Å². The summed E-state index contributed by atoms with van der Waals surface area (Å²) in [5, 5.41) is 13.8. The lowest BCUT2D eigenvalue weighted by Gasteiger charge is -2.45. The quantitative estimate of drug-likeness (QED) is 0.778. The molecule has 0 N–H and O–H groups in total. The molecule has 1 aromatic heterocycles. The normalized spacial score (nSPS) is 25.3. The van der Waals surface area contributed by atoms with E-state index < -0.39 is 5.41 Å². The highest BCUT2D eigenvalue weighted by molar-refractivity contribution is 5.97. The van der Waals surface area contributed by atoms with Gasteiger partial charge in [-0.2, -0.15) is 10.4 Å². The maximum Gasteiger partial charge on any atom is 0.245 e. The van der Waals surface area contributed by atoms with E-state index in [2.05, 4.69) is 16.1 Å². The van der Waals surface area contributed by atoms with Crippen LogP contribution in [0.1, 0.15) is 37.8 Å². The van der Waals surface area contributed by atoms with Crippen LogP contribution in [0, 0.1) is 23.7 Å². The van der Waals surface area contributed by atoms with E-state index in [0.29, 0.717) is 39.0 Å². The fraction of sp³-hybridized carbons (Fsp3) is 0.700. The summed E-state index contributed by atoms with van der Waals surface area (Å²) in [5.41, 5.74) is 0.124. The van der Waals surface area contributed by atoms with Gasteiger partial charge < -0.3 is 4.90 Å². The largest absolute Gasteiger partial charge is 0.339 e. The van der Waals surface area contributed by atoms with Gasteiger partial charge in [0.25, 0.3) is 0 Å². The molecule has 3 aliphatic rings. The predicted molar refractivity (Wildman–Crippen MR) is 103 cm³/mol. The molecule has 1 aromatic rings. The predicted octanol–water partition coefficient (Wildman–Crippen LogP) is 1.06. The number of hydrogen-bond acceptors (Lipinski definition) is 5. The minimum atomic E-state index is -0.781. The van der Waals surface area contributed by atoms with Crippen LogP contribution in [0.5, 0.6) is 0 Å². The molecule has 3 heterocycles. The van der Waals surface area contributed by atoms with Gasteiger partial charge in [0, 0.05) is 45.8 Å². The first kappa shape index (κ1) is 18.9. The van der Waals surface area contributed by atoms with Gasteiger partial charge in [-0.3, -0.25) is 24.1 Å². The number of piperidine rings is 1. The summed E-state index contributed by atoms with van der Waals surface area (Å²) in [6, 6.07) is 4.06. The molecule has 3 fully saturated rings. The van der Waals surface area contributed by atoms with Gasteiger partial charge in [0.2, 0.25) is 11.8 Å². The first-order valence-electron chi connectivity index (χ1n) is 10.2. The lowest BCUT2D eigenvalue weighted by molar-refractivity contribution is -0.145. The Kier molecular flexibility index (Phi) is 4.88. The SMILES string of the molecule is Cc1cc(N2CCC[C@H](N3CCN(C(=O)C4(C#N)CCC4)CC3)C2=O)n(C)n1. The third-order valence-corrected chi connectivity index (χ3v) is 6.54. The van der Waals surface area contributed by atoms with Crippen LogP contribution in [0.15, 0.2) is 6.07 Å². The number of aryl methyl sites for hydroxylation is 2. The monoisotopic (exact) mass is 384 g/mol. The molecule has 2 amide bonds. The van der Waals surface area contributed by atoms with Crippen molar-refractivity contribution in [1.82, 2.24) is 19.6 Å². The van der Waals surface area contributed by atoms with Crippen molar-refractivity contribution in [2.45, 2.75) is 45.1 Å². The van der Waals surface area contributed by atoms with E-state index in [4.69, 9.17) is 0 Å². The van der Waals surface area contributed by atoms with Crippen molar-refractivity contribution in [1.29, 1.82) is 5.26 Å². The van der Waals surface area contributed by atoms with Gasteiger partial charge in [-0.25, -0.2) is 0 Å². The molecule has 2 aliphatic heterocycles. The molecule has 2 saturated heterocycles. The molecule has 4 rings (SSSR count). The van der Waals surface area contributed by atoms with Crippen molar-refractivity contribution in [2.24, 2.45) is 12.5 Å². The van der Waals surface area contributed by atoms with E-state index in [1.54, 1.807) is 4.68 Å². The van der Waals surface area contributed by atoms with Gasteiger partial charge in [0.05, 0.1) is 17.8 Å². The summed E-state index contributed by atoms with van der Waals surface area (Å²) in [5.74, 6) is 0.964. The second-order valence-corrected chi connectivity index (χ2v) is 8.29. The van der Waals surface area contributed by atoms with Gasteiger partial charge in [0.1, 0.15) is 11.2 Å². The topological polar surface area (TPSA) is 85.5 Å². The minimum absolute atomic E-state index is 0.0112. The Labute approximate surface area is 165 Å². The lowest BCUT2D eigenvalue weighted by Crippen LogP contribution is -2.60. The second kappa shape index (κ2) is 7.21. The summed E-state index contributed by atoms with van der Waals surface area (Å²) in [6.45, 7) is 5.21. The van der Waals surface area contributed by atoms with Crippen LogP contribution in [0.25, 0.3) is 0 Å². The number of hydrogen-bond donors (Lipinski definition) is 0. The van der Waals surface area contributed by atoms with Crippen LogP contribution in [-0.2, 0) is 16.6 Å². The van der Waals surface area contributed by atoms with Crippen LogP contribution < -0.4 is 4.90 Å². The number of rotatable bonds is 3. The zero-order valence-corrected chi connectivity index (χ0v) is 16.7. The molecule has 1 saturated carbocycles. The molecule has 150 valence electrons. The van der Waals surface area contributed by atoms with E-state index in [9.17, 15) is 14.9 Å². The van der Waals surface area contributed by atoms with Gasteiger partial charge in [0.15, 0.2) is 0 Å². The Balaban J connectivity index is 1.40. The number of aromatic nitrogens is 2. The molecule has 28 heavy (non-hydrogen) atoms. The fourth-order valence-corrected chi connectivity index (χ4v) is 4.72. The number of carbonyl (C=O) groups excluding carboxylic acids is 2. The summed E-state index contributed by atoms with van der Waals surface area (Å²) in [7, 11) is 1.87. The van der Waals surface area contributed by atoms with Crippen LogP contribution >= 0.6 is 0 Å². The smallest absolute Gasteiger partial charge is 0.245 e. The molecule has 1 aliphatic carbocycles. The van der Waals surface area contributed by atoms with Crippen LogP contribution in [0.2, 0.25) is 0 Å². The summed E-state index contributed by atoms with van der Waals surface area (Å²) >= 11 is 0. The van der Waals surface area contributed by atoms with E-state index in [1.165, 1.54) is 0 Å². The van der Waals surface area contributed by atoms with Crippen LogP contribution in [0.4, 0.5) is 5.82 Å². The molecule has 0 spiro atoms. The summed E-state index contributed by atoms with van der Waals surface area (Å²) < 4.78 is 1.77. The van der Waals surface area contributed by atoms with Crippen LogP contribution in [-0.4, -0.2) is 70.2 Å². The maximum absolute atomic E-state index is 13.2. The summed E-state index contributed by atoms with van der Waals surface area (Å²) in [6.07, 6.45) is 4.13. The highest BCUT2D eigenvalue weighted by Gasteiger charge is 2.47. The molecule has 1 atom stereocenters. The third-order valence-electron chi connectivity index (χ3n) is 6.54. The lowest BCUT2D eigenvalue weighted by atomic mass is 9.69. The Morgan fingerprint density at radius 2 is 1.93 bits per heavy atom. The van der Waals surface area contributed by atoms with Gasteiger partial charge in [-0.05, 0) is 39.0 Å². The van der Waals surface area contributed by atoms with E-state index in [-0.39, 0.29) is 17.9 Å². The molecular weight excluding hydrogens is 356 g/mol. The average Bonchev–Trinajstić information content (AvgIpc) is 2.99. The zero-order valence-electron chi connectivity index (χ0n) is 16.7. The van der Waals surface area contributed by atoms with Crippen molar-refractivity contribution in [3.8, 4) is 6.07 Å². The fourth-order valence-electron chi connectivity index (χ4n) is 4.72. The molecule has 0 radical (unpaired) electrons. The van der Waals surface area contributed by atoms with Gasteiger partial charge >= 0.3 is 0 Å². The van der Waals surface area contributed by atoms with E-state index in [0.717, 1.165) is 37.3 Å². The average molecular weight is 384 g/mol. The third kappa shape index (κ3) is 3.08. The molecule has 0 aromatic carbocycles. The van der Waals surface area contributed by atoms with E-state index >= 15 is 0 Å². The molecular formula is C20H28N6O2. The van der Waals surface area contributed by atoms with Crippen molar-refractivity contribution >= 4 is 17.6 Å². The maximum atomic E-state index is 13.2. The Bertz CT molecular complexity index is 813. The van der Waals surface area contributed by atoms with Gasteiger partial charge in [-0.15, -0.1) is 0 Å². The first-order valence-corrected chi connectivity index (χ1v) is 10.2. The van der Waals surface area contributed by atoms with Crippen LogP contribution in [0.3, 0.4) is 0 Å². The molecule has 8 nitrogen and oxygen atoms in total. The zero-order chi connectivity index (χ0) is 19.9. The second-order valence-electron chi connectivity index (χ2n) is 8.29. The minimum Gasteiger partial charge on any atom is -0.339 e. The Hall–Kier alpha value is -2.40. The number of piperazine rings is 1. The highest BCUT2D eigenvalue weighted by atomic mass is 16.2. The highest BCUT2D eigenvalue weighted by Crippen LogP contribution is 2.42.